The maximum absolute atomic E-state index is 11.2. The summed E-state index contributed by atoms with van der Waals surface area (Å²) in [6.07, 6.45) is 4.84. The van der Waals surface area contributed by atoms with Crippen molar-refractivity contribution in [2.45, 2.75) is 43.7 Å². The molecule has 0 spiro atoms. The first-order valence-corrected chi connectivity index (χ1v) is 7.08. The van der Waals surface area contributed by atoms with Gasteiger partial charge in [-0.3, -0.25) is 4.79 Å². The number of aliphatic carboxylic acids is 1. The lowest BCUT2D eigenvalue weighted by molar-refractivity contribution is -0.143. The van der Waals surface area contributed by atoms with E-state index in [1.54, 1.807) is 11.3 Å². The number of carboxylic acid groups (broad SMARTS) is 1. The van der Waals surface area contributed by atoms with Gasteiger partial charge in [0.15, 0.2) is 0 Å². The molecule has 3 nitrogen and oxygen atoms in total. The lowest BCUT2D eigenvalue weighted by Crippen LogP contribution is -2.52. The Bertz CT molecular complexity index is 423. The van der Waals surface area contributed by atoms with Crippen LogP contribution in [0.2, 0.25) is 0 Å². The molecule has 1 aromatic rings. The Morgan fingerprint density at radius 3 is 3.11 bits per heavy atom. The number of rotatable bonds is 3. The van der Waals surface area contributed by atoms with Crippen molar-refractivity contribution in [3.63, 3.8) is 0 Å². The zero-order valence-electron chi connectivity index (χ0n) is 10.1. The third-order valence-corrected chi connectivity index (χ3v) is 5.01. The second kappa shape index (κ2) is 5.19. The van der Waals surface area contributed by atoms with Crippen LogP contribution in [0.3, 0.4) is 0 Å². The van der Waals surface area contributed by atoms with Gasteiger partial charge >= 0.3 is 5.97 Å². The predicted molar refractivity (Wildman–Crippen MR) is 74.5 cm³/mol. The van der Waals surface area contributed by atoms with E-state index in [1.165, 1.54) is 4.88 Å². The van der Waals surface area contributed by atoms with Crippen LogP contribution >= 0.6 is 23.7 Å². The molecule has 0 aromatic carbocycles. The van der Waals surface area contributed by atoms with Crippen molar-refractivity contribution in [2.75, 3.05) is 0 Å². The number of hydrogen-bond donors (Lipinski definition) is 2. The molecule has 18 heavy (non-hydrogen) atoms. The molecule has 3 atom stereocenters. The van der Waals surface area contributed by atoms with Crippen molar-refractivity contribution in [1.29, 1.82) is 0 Å². The Morgan fingerprint density at radius 1 is 1.61 bits per heavy atom. The summed E-state index contributed by atoms with van der Waals surface area (Å²) < 4.78 is 0. The highest BCUT2D eigenvalue weighted by atomic mass is 35.5. The van der Waals surface area contributed by atoms with E-state index in [4.69, 9.17) is 0 Å². The minimum absolute atomic E-state index is 0. The highest BCUT2D eigenvalue weighted by Gasteiger charge is 2.47. The molecular weight excluding hydrogens is 270 g/mol. The maximum Gasteiger partial charge on any atom is 0.306 e. The number of thiophene rings is 1. The molecule has 5 heteroatoms. The molecule has 0 saturated carbocycles. The predicted octanol–water partition coefficient (Wildman–Crippen LogP) is 2.70. The topological polar surface area (TPSA) is 49.3 Å². The van der Waals surface area contributed by atoms with Crippen molar-refractivity contribution in [2.24, 2.45) is 5.92 Å². The molecule has 3 heterocycles. The monoisotopic (exact) mass is 287 g/mol. The van der Waals surface area contributed by atoms with E-state index >= 15 is 0 Å². The van der Waals surface area contributed by atoms with Crippen LogP contribution in [0.1, 0.15) is 30.6 Å². The van der Waals surface area contributed by atoms with Crippen LogP contribution in [0.4, 0.5) is 0 Å². The number of fused-ring (bicyclic) bond motifs is 2. The Kier molecular flexibility index (Phi) is 3.99. The summed E-state index contributed by atoms with van der Waals surface area (Å²) in [5, 5.41) is 15.0. The molecule has 100 valence electrons. The van der Waals surface area contributed by atoms with Crippen LogP contribution < -0.4 is 5.32 Å². The molecule has 3 rings (SSSR count). The Hall–Kier alpha value is -0.580. The van der Waals surface area contributed by atoms with Gasteiger partial charge in [0.05, 0.1) is 5.92 Å². The minimum atomic E-state index is -0.617. The molecule has 2 unspecified atom stereocenters. The average Bonchev–Trinajstić information content (AvgIpc) is 2.87. The van der Waals surface area contributed by atoms with Gasteiger partial charge in [0, 0.05) is 16.5 Å². The fourth-order valence-electron chi connectivity index (χ4n) is 3.41. The zero-order chi connectivity index (χ0) is 11.9. The molecule has 2 N–H and O–H groups in total. The molecule has 0 radical (unpaired) electrons. The first kappa shape index (κ1) is 13.8. The van der Waals surface area contributed by atoms with Crippen LogP contribution in [-0.4, -0.2) is 22.7 Å². The van der Waals surface area contributed by atoms with Crippen molar-refractivity contribution < 1.29 is 9.90 Å². The molecule has 1 aromatic heterocycles. The molecule has 2 fully saturated rings. The lowest BCUT2D eigenvalue weighted by atomic mass is 9.81. The van der Waals surface area contributed by atoms with Gasteiger partial charge in [-0.05, 0) is 43.6 Å². The Morgan fingerprint density at radius 2 is 2.44 bits per heavy atom. The number of piperidine rings is 1. The number of halogens is 1. The summed E-state index contributed by atoms with van der Waals surface area (Å²) in [5.41, 5.74) is 0.0524. The highest BCUT2D eigenvalue weighted by molar-refractivity contribution is 7.09. The third-order valence-electron chi connectivity index (χ3n) is 4.13. The van der Waals surface area contributed by atoms with Gasteiger partial charge in [0.2, 0.25) is 0 Å². The second-order valence-electron chi connectivity index (χ2n) is 5.39. The molecule has 2 saturated heterocycles. The number of carbonyl (C=O) groups is 1. The Balaban J connectivity index is 0.00000120. The van der Waals surface area contributed by atoms with Crippen molar-refractivity contribution in [1.82, 2.24) is 5.32 Å². The van der Waals surface area contributed by atoms with Crippen LogP contribution in [0.25, 0.3) is 0 Å². The molecule has 2 bridgehead atoms. The van der Waals surface area contributed by atoms with E-state index in [0.717, 1.165) is 32.1 Å². The zero-order valence-corrected chi connectivity index (χ0v) is 11.7. The molecule has 0 aliphatic carbocycles. The Labute approximate surface area is 117 Å². The number of hydrogen-bond acceptors (Lipinski definition) is 3. The highest BCUT2D eigenvalue weighted by Crippen LogP contribution is 2.41. The second-order valence-corrected chi connectivity index (χ2v) is 6.42. The minimum Gasteiger partial charge on any atom is -0.481 e. The lowest BCUT2D eigenvalue weighted by Gasteiger charge is -2.37. The van der Waals surface area contributed by atoms with Crippen molar-refractivity contribution in [3.8, 4) is 0 Å². The molecular formula is C13H18ClNO2S. The van der Waals surface area contributed by atoms with Gasteiger partial charge < -0.3 is 10.4 Å². The van der Waals surface area contributed by atoms with Crippen molar-refractivity contribution >= 4 is 29.7 Å². The quantitative estimate of drug-likeness (QED) is 0.899. The van der Waals surface area contributed by atoms with Gasteiger partial charge in [0.1, 0.15) is 0 Å². The van der Waals surface area contributed by atoms with Crippen molar-refractivity contribution in [3.05, 3.63) is 22.4 Å². The third kappa shape index (κ3) is 2.56. The normalized spacial score (nSPS) is 34.0. The summed E-state index contributed by atoms with van der Waals surface area (Å²) in [4.78, 5) is 12.6. The SMILES string of the molecule is Cl.O=C(O)[C@H]1CC2CCC(Cc3cccs3)(C1)N2. The summed E-state index contributed by atoms with van der Waals surface area (Å²) >= 11 is 1.77. The van der Waals surface area contributed by atoms with Gasteiger partial charge in [-0.15, -0.1) is 23.7 Å². The van der Waals surface area contributed by atoms with E-state index in [1.807, 2.05) is 0 Å². The largest absolute Gasteiger partial charge is 0.481 e. The van der Waals surface area contributed by atoms with Gasteiger partial charge in [-0.2, -0.15) is 0 Å². The van der Waals surface area contributed by atoms with Crippen LogP contribution in [0.15, 0.2) is 17.5 Å². The molecule has 0 amide bonds. The summed E-state index contributed by atoms with van der Waals surface area (Å²) in [7, 11) is 0. The first-order valence-electron chi connectivity index (χ1n) is 6.20. The van der Waals surface area contributed by atoms with Crippen LogP contribution in [0.5, 0.6) is 0 Å². The summed E-state index contributed by atoms with van der Waals surface area (Å²) in [6, 6.07) is 4.64. The van der Waals surface area contributed by atoms with E-state index < -0.39 is 5.97 Å². The van der Waals surface area contributed by atoms with E-state index in [-0.39, 0.29) is 23.9 Å². The molecule has 2 aliphatic heterocycles. The smallest absolute Gasteiger partial charge is 0.306 e. The average molecular weight is 288 g/mol. The van der Waals surface area contributed by atoms with Gasteiger partial charge in [-0.25, -0.2) is 0 Å². The number of nitrogens with one attached hydrogen (secondary N) is 1. The summed E-state index contributed by atoms with van der Waals surface area (Å²) in [6.45, 7) is 0. The number of carboxylic acids is 1. The van der Waals surface area contributed by atoms with E-state index in [9.17, 15) is 9.90 Å². The fraction of sp³-hybridized carbons (Fsp3) is 0.615. The standard InChI is InChI=1S/C13H17NO2S.ClH/c15-12(16)9-6-10-3-4-13(7-9,14-10)8-11-2-1-5-17-11;/h1-2,5,9-10,14H,3-4,6-8H2,(H,15,16);1H/t9-,10?,13?;/m0./s1. The molecule has 2 aliphatic rings. The van der Waals surface area contributed by atoms with Gasteiger partial charge in [0.25, 0.3) is 0 Å². The fourth-order valence-corrected chi connectivity index (χ4v) is 4.26. The van der Waals surface area contributed by atoms with E-state index in [2.05, 4.69) is 22.8 Å². The van der Waals surface area contributed by atoms with Crippen LogP contribution in [0, 0.1) is 5.92 Å². The maximum atomic E-state index is 11.2. The van der Waals surface area contributed by atoms with Crippen LogP contribution in [-0.2, 0) is 11.2 Å². The first-order chi connectivity index (χ1) is 8.17. The van der Waals surface area contributed by atoms with E-state index in [0.29, 0.717) is 6.04 Å². The van der Waals surface area contributed by atoms with Gasteiger partial charge in [-0.1, -0.05) is 6.07 Å². The summed E-state index contributed by atoms with van der Waals surface area (Å²) in [5.74, 6) is -0.766.